The van der Waals surface area contributed by atoms with E-state index in [1.165, 1.54) is 26.5 Å². The van der Waals surface area contributed by atoms with Crippen LogP contribution in [0.25, 0.3) is 67.1 Å². The van der Waals surface area contributed by atoms with Gasteiger partial charge in [-0.3, -0.25) is 14.5 Å². The number of imide groups is 1. The first-order valence-corrected chi connectivity index (χ1v) is 25.4. The smallest absolute Gasteiger partial charge is 0.253 e. The summed E-state index contributed by atoms with van der Waals surface area (Å²) in [5.41, 5.74) is 9.15. The van der Waals surface area contributed by atoms with E-state index in [0.29, 0.717) is 13.2 Å². The minimum atomic E-state index is -0.209. The predicted molar refractivity (Wildman–Crippen MR) is 286 cm³/mol. The highest BCUT2D eigenvalue weighted by molar-refractivity contribution is 7.20. The molecule has 0 atom stereocenters. The monoisotopic (exact) mass is 945 g/mol. The summed E-state index contributed by atoms with van der Waals surface area (Å²) in [6, 6.07) is 48.4. The third-order valence-electron chi connectivity index (χ3n) is 11.7. The van der Waals surface area contributed by atoms with E-state index in [1.807, 2.05) is 42.5 Å². The van der Waals surface area contributed by atoms with Gasteiger partial charge in [-0.05, 0) is 121 Å². The zero-order chi connectivity index (χ0) is 46.1. The first-order valence-electron chi connectivity index (χ1n) is 22.9. The quantitative estimate of drug-likeness (QED) is 0.0589. The normalized spacial score (nSPS) is 13.0. The Kier molecular flexibility index (Phi) is 13.8. The van der Waals surface area contributed by atoms with Crippen LogP contribution in [-0.2, 0) is 9.59 Å². The number of aromatic nitrogens is 3. The Morgan fingerprint density at radius 1 is 0.471 bits per heavy atom. The fourth-order valence-electron chi connectivity index (χ4n) is 8.13. The van der Waals surface area contributed by atoms with E-state index in [1.54, 1.807) is 34.0 Å². The van der Waals surface area contributed by atoms with Crippen LogP contribution in [0.2, 0.25) is 0 Å². The number of unbranched alkanes of at least 4 members (excludes halogenated alkanes) is 5. The number of para-hydroxylation sites is 3. The maximum absolute atomic E-state index is 11.9. The molecule has 2 amide bonds. The largest absolute Gasteiger partial charge is 0.493 e. The SMILES string of the molecule is O=C1C=CC(=O)N1CCCCCCCCOc1cc(N(c2ccc(/C=C/c3nc4ccccc4s3)cc2)c2ccc(/C=C/c3nc4ccccc4s3)cc2)ccc1/C=C/c1nc2ccccc2s1. The van der Waals surface area contributed by atoms with Gasteiger partial charge in [0.05, 0.1) is 37.3 Å². The molecule has 3 aromatic heterocycles. The number of hydrogen-bond donors (Lipinski definition) is 0. The number of benzene rings is 6. The number of anilines is 3. The van der Waals surface area contributed by atoms with Gasteiger partial charge < -0.3 is 9.64 Å². The molecule has 0 N–H and O–H groups in total. The molecule has 0 saturated carbocycles. The summed E-state index contributed by atoms with van der Waals surface area (Å²) in [6.45, 7) is 1.05. The molecule has 9 aromatic rings. The van der Waals surface area contributed by atoms with E-state index in [0.717, 1.165) is 114 Å². The summed E-state index contributed by atoms with van der Waals surface area (Å²) in [5.74, 6) is 0.377. The summed E-state index contributed by atoms with van der Waals surface area (Å²) in [5, 5.41) is 2.89. The van der Waals surface area contributed by atoms with Crippen molar-refractivity contribution in [3.05, 3.63) is 183 Å². The highest BCUT2D eigenvalue weighted by Crippen LogP contribution is 2.39. The van der Waals surface area contributed by atoms with Gasteiger partial charge in [0.1, 0.15) is 20.8 Å². The summed E-state index contributed by atoms with van der Waals surface area (Å²) in [6.07, 6.45) is 21.1. The van der Waals surface area contributed by atoms with E-state index in [-0.39, 0.29) is 11.8 Å². The van der Waals surface area contributed by atoms with Crippen LogP contribution in [0.1, 0.15) is 70.2 Å². The van der Waals surface area contributed by atoms with Gasteiger partial charge in [-0.1, -0.05) is 98.5 Å². The topological polar surface area (TPSA) is 88.5 Å². The molecule has 0 saturated heterocycles. The van der Waals surface area contributed by atoms with Crippen LogP contribution in [0.3, 0.4) is 0 Å². The van der Waals surface area contributed by atoms with Gasteiger partial charge in [0.2, 0.25) is 0 Å². The van der Waals surface area contributed by atoms with Crippen LogP contribution in [0.15, 0.2) is 152 Å². The lowest BCUT2D eigenvalue weighted by Crippen LogP contribution is -2.30. The molecule has 10 rings (SSSR count). The molecule has 11 heteroatoms. The molecule has 0 unspecified atom stereocenters. The molecule has 0 aliphatic carbocycles. The molecule has 0 spiro atoms. The number of amides is 2. The highest BCUT2D eigenvalue weighted by atomic mass is 32.1. The van der Waals surface area contributed by atoms with E-state index in [2.05, 4.69) is 138 Å². The van der Waals surface area contributed by atoms with Crippen molar-refractivity contribution in [1.82, 2.24) is 19.9 Å². The summed E-state index contributed by atoms with van der Waals surface area (Å²) < 4.78 is 10.2. The molecule has 1 aliphatic rings. The molecule has 68 heavy (non-hydrogen) atoms. The van der Waals surface area contributed by atoms with Gasteiger partial charge in [-0.25, -0.2) is 15.0 Å². The van der Waals surface area contributed by atoms with Crippen LogP contribution in [0.4, 0.5) is 17.1 Å². The molecule has 0 radical (unpaired) electrons. The van der Waals surface area contributed by atoms with Gasteiger partial charge in [-0.2, -0.15) is 0 Å². The minimum absolute atomic E-state index is 0.209. The summed E-state index contributed by atoms with van der Waals surface area (Å²) >= 11 is 5.05. The second-order valence-electron chi connectivity index (χ2n) is 16.4. The van der Waals surface area contributed by atoms with Crippen molar-refractivity contribution in [2.24, 2.45) is 0 Å². The molecule has 1 aliphatic heterocycles. The number of nitrogens with zero attached hydrogens (tertiary/aromatic N) is 5. The zero-order valence-corrected chi connectivity index (χ0v) is 39.7. The number of hydrogen-bond acceptors (Lipinski definition) is 10. The van der Waals surface area contributed by atoms with Gasteiger partial charge in [0.15, 0.2) is 0 Å². The average Bonchev–Trinajstić information content (AvgIpc) is 4.17. The Labute approximate surface area is 407 Å². The van der Waals surface area contributed by atoms with Crippen molar-refractivity contribution in [3.63, 3.8) is 0 Å². The maximum Gasteiger partial charge on any atom is 0.253 e. The van der Waals surface area contributed by atoms with E-state index in [4.69, 9.17) is 19.7 Å². The van der Waals surface area contributed by atoms with Gasteiger partial charge in [-0.15, -0.1) is 34.0 Å². The highest BCUT2D eigenvalue weighted by Gasteiger charge is 2.22. The fourth-order valence-corrected chi connectivity index (χ4v) is 10.7. The van der Waals surface area contributed by atoms with Crippen LogP contribution in [0, 0.1) is 0 Å². The summed E-state index contributed by atoms with van der Waals surface area (Å²) in [7, 11) is 0. The fraction of sp³-hybridized carbons (Fsp3) is 0.140. The van der Waals surface area contributed by atoms with Crippen molar-refractivity contribution < 1.29 is 14.3 Å². The summed E-state index contributed by atoms with van der Waals surface area (Å²) in [4.78, 5) is 41.8. The van der Waals surface area contributed by atoms with Crippen LogP contribution in [0.5, 0.6) is 5.75 Å². The number of fused-ring (bicyclic) bond motifs is 3. The minimum Gasteiger partial charge on any atom is -0.493 e. The number of carbonyl (C=O) groups excluding carboxylic acids is 2. The molecule has 336 valence electrons. The zero-order valence-electron chi connectivity index (χ0n) is 37.2. The Morgan fingerprint density at radius 3 is 1.41 bits per heavy atom. The third-order valence-corrected chi connectivity index (χ3v) is 14.7. The van der Waals surface area contributed by atoms with Gasteiger partial charge >= 0.3 is 0 Å². The molecule has 0 bridgehead atoms. The van der Waals surface area contributed by atoms with E-state index in [9.17, 15) is 9.59 Å². The van der Waals surface area contributed by atoms with Crippen LogP contribution in [-0.4, -0.2) is 44.8 Å². The first-order chi connectivity index (χ1) is 33.5. The molecule has 4 heterocycles. The number of rotatable bonds is 19. The lowest BCUT2D eigenvalue weighted by Gasteiger charge is -2.26. The van der Waals surface area contributed by atoms with Crippen molar-refractivity contribution >= 4 is 130 Å². The van der Waals surface area contributed by atoms with Crippen molar-refractivity contribution in [1.29, 1.82) is 0 Å². The second kappa shape index (κ2) is 21.1. The first kappa shape index (κ1) is 44.5. The molecule has 6 aromatic carbocycles. The molecular weight excluding hydrogens is 899 g/mol. The standard InChI is InChI=1S/C57H47N5O3S3/c63-56-35-36-57(64)61(56)37-11-3-1-2-4-12-38-65-49-39-45(31-25-42(49)26-34-55-60-48-15-7-10-18-52(48)68-55)62(43-27-19-40(20-28-43)23-32-53-58-46-13-5-8-16-50(46)66-53)44-29-21-41(22-30-44)24-33-54-59-47-14-6-9-17-51(47)67-54/h5-10,13-36,39H,1-4,11-12,37-38H2/b32-23+,33-24+,34-26+. The van der Waals surface area contributed by atoms with Crippen LogP contribution >= 0.6 is 34.0 Å². The average molecular weight is 946 g/mol. The van der Waals surface area contributed by atoms with E-state index >= 15 is 0 Å². The molecule has 0 fully saturated rings. The van der Waals surface area contributed by atoms with Crippen molar-refractivity contribution in [2.75, 3.05) is 18.1 Å². The number of carbonyl (C=O) groups is 2. The van der Waals surface area contributed by atoms with Crippen molar-refractivity contribution in [3.8, 4) is 5.75 Å². The van der Waals surface area contributed by atoms with Gasteiger partial charge in [0, 0.05) is 47.4 Å². The number of ether oxygens (including phenoxy) is 1. The Bertz CT molecular complexity index is 3100. The predicted octanol–water partition coefficient (Wildman–Crippen LogP) is 15.1. The Hall–Kier alpha value is -7.31. The Morgan fingerprint density at radius 2 is 0.912 bits per heavy atom. The van der Waals surface area contributed by atoms with Crippen LogP contribution < -0.4 is 9.64 Å². The lowest BCUT2D eigenvalue weighted by molar-refractivity contribution is -0.136. The molecular formula is C57H47N5O3S3. The Balaban J connectivity index is 0.901. The van der Waals surface area contributed by atoms with Crippen molar-refractivity contribution in [2.45, 2.75) is 38.5 Å². The second-order valence-corrected chi connectivity index (χ2v) is 19.6. The van der Waals surface area contributed by atoms with Gasteiger partial charge in [0.25, 0.3) is 11.8 Å². The third kappa shape index (κ3) is 10.8. The molecule has 8 nitrogen and oxygen atoms in total. The number of thiazole rings is 3. The lowest BCUT2D eigenvalue weighted by atomic mass is 10.1. The maximum atomic E-state index is 11.9. The van der Waals surface area contributed by atoms with E-state index < -0.39 is 0 Å².